The summed E-state index contributed by atoms with van der Waals surface area (Å²) in [5.41, 5.74) is 8.06. The predicted octanol–water partition coefficient (Wildman–Crippen LogP) is 5.49. The fraction of sp³-hybridized carbons (Fsp3) is 0.0476. The van der Waals surface area contributed by atoms with Gasteiger partial charge in [-0.25, -0.2) is 0 Å². The van der Waals surface area contributed by atoms with Crippen LogP contribution in [0.1, 0.15) is 28.2 Å². The summed E-state index contributed by atoms with van der Waals surface area (Å²) in [5.74, 6) is 0.344. The zero-order valence-electron chi connectivity index (χ0n) is 11.8. The van der Waals surface area contributed by atoms with Crippen molar-refractivity contribution in [2.75, 3.05) is 0 Å². The van der Waals surface area contributed by atoms with Gasteiger partial charge in [-0.05, 0) is 33.4 Å². The lowest BCUT2D eigenvalue weighted by molar-refractivity contribution is 1.01. The maximum absolute atomic E-state index is 3.83. The highest BCUT2D eigenvalue weighted by Gasteiger charge is 2.28. The summed E-state index contributed by atoms with van der Waals surface area (Å²) in [6.45, 7) is 3.83. The molecular weight excluding hydrogens is 252 g/mol. The lowest BCUT2D eigenvalue weighted by Crippen LogP contribution is -1.98. The predicted molar refractivity (Wildman–Crippen MR) is 89.4 cm³/mol. The van der Waals surface area contributed by atoms with Crippen molar-refractivity contribution < 1.29 is 0 Å². The first kappa shape index (κ1) is 12.2. The van der Waals surface area contributed by atoms with Crippen LogP contribution in [0.3, 0.4) is 0 Å². The molecule has 0 saturated heterocycles. The van der Waals surface area contributed by atoms with Gasteiger partial charge in [0.05, 0.1) is 0 Å². The van der Waals surface area contributed by atoms with E-state index in [-0.39, 0.29) is 0 Å². The minimum Gasteiger partial charge on any atom is -0.0985 e. The van der Waals surface area contributed by atoms with Crippen molar-refractivity contribution in [1.82, 2.24) is 0 Å². The van der Waals surface area contributed by atoms with Crippen LogP contribution in [0.2, 0.25) is 0 Å². The summed E-state index contributed by atoms with van der Waals surface area (Å²) in [6, 6.07) is 26.2. The first-order valence-electron chi connectivity index (χ1n) is 7.29. The molecule has 0 bridgehead atoms. The van der Waals surface area contributed by atoms with Crippen LogP contribution < -0.4 is 0 Å². The van der Waals surface area contributed by atoms with E-state index >= 15 is 0 Å². The minimum atomic E-state index is 0.344. The van der Waals surface area contributed by atoms with Crippen molar-refractivity contribution >= 4 is 6.08 Å². The molecule has 0 N–H and O–H groups in total. The Morgan fingerprint density at radius 3 is 1.71 bits per heavy atom. The van der Waals surface area contributed by atoms with Crippen molar-refractivity contribution in [2.45, 2.75) is 5.92 Å². The van der Waals surface area contributed by atoms with Gasteiger partial charge in [-0.1, -0.05) is 85.5 Å². The second-order valence-electron chi connectivity index (χ2n) is 5.48. The molecule has 0 radical (unpaired) electrons. The van der Waals surface area contributed by atoms with Gasteiger partial charge in [0.15, 0.2) is 0 Å². The summed E-state index contributed by atoms with van der Waals surface area (Å²) in [4.78, 5) is 0. The molecule has 0 aromatic heterocycles. The van der Waals surface area contributed by atoms with E-state index in [1.807, 2.05) is 6.08 Å². The fourth-order valence-electron chi connectivity index (χ4n) is 3.34. The molecule has 0 atom stereocenters. The van der Waals surface area contributed by atoms with E-state index in [2.05, 4.69) is 79.4 Å². The van der Waals surface area contributed by atoms with Gasteiger partial charge < -0.3 is 0 Å². The van der Waals surface area contributed by atoms with E-state index in [0.717, 1.165) is 0 Å². The monoisotopic (exact) mass is 268 g/mol. The van der Waals surface area contributed by atoms with Crippen LogP contribution in [0, 0.1) is 0 Å². The molecule has 3 aromatic carbocycles. The van der Waals surface area contributed by atoms with Crippen molar-refractivity contribution in [2.24, 2.45) is 0 Å². The van der Waals surface area contributed by atoms with Gasteiger partial charge in [-0.3, -0.25) is 0 Å². The quantitative estimate of drug-likeness (QED) is 0.451. The lowest BCUT2D eigenvalue weighted by Gasteiger charge is -2.14. The van der Waals surface area contributed by atoms with E-state index in [4.69, 9.17) is 0 Å². The second kappa shape index (κ2) is 4.75. The molecule has 0 amide bonds. The summed E-state index contributed by atoms with van der Waals surface area (Å²) in [5, 5.41) is 0. The van der Waals surface area contributed by atoms with Crippen LogP contribution in [-0.2, 0) is 0 Å². The van der Waals surface area contributed by atoms with Gasteiger partial charge in [0, 0.05) is 5.92 Å². The van der Waals surface area contributed by atoms with Crippen LogP contribution in [0.25, 0.3) is 17.2 Å². The zero-order valence-corrected chi connectivity index (χ0v) is 11.8. The molecule has 0 unspecified atom stereocenters. The summed E-state index contributed by atoms with van der Waals surface area (Å²) >= 11 is 0. The van der Waals surface area contributed by atoms with E-state index in [1.165, 1.54) is 33.4 Å². The standard InChI is InChI=1S/C21H16/c1-2-15-11-13-16(14-12-15)21-19-9-5-3-7-17(19)18-8-4-6-10-20(18)21/h2-14,21H,1H2. The lowest BCUT2D eigenvalue weighted by atomic mass is 9.89. The molecule has 0 heterocycles. The molecule has 0 saturated carbocycles. The normalized spacial score (nSPS) is 12.8. The van der Waals surface area contributed by atoms with Crippen LogP contribution in [-0.4, -0.2) is 0 Å². The molecule has 0 fully saturated rings. The molecule has 0 nitrogen and oxygen atoms in total. The highest BCUT2D eigenvalue weighted by molar-refractivity contribution is 5.80. The van der Waals surface area contributed by atoms with Crippen molar-refractivity contribution in [3.63, 3.8) is 0 Å². The Balaban J connectivity index is 1.93. The largest absolute Gasteiger partial charge is 0.0985 e. The number of hydrogen-bond acceptors (Lipinski definition) is 0. The third-order valence-corrected chi connectivity index (χ3v) is 4.34. The van der Waals surface area contributed by atoms with Crippen LogP contribution >= 0.6 is 0 Å². The smallest absolute Gasteiger partial charge is 0.0352 e. The first-order chi connectivity index (χ1) is 10.4. The second-order valence-corrected chi connectivity index (χ2v) is 5.48. The van der Waals surface area contributed by atoms with Crippen molar-refractivity contribution in [3.8, 4) is 11.1 Å². The van der Waals surface area contributed by atoms with Gasteiger partial charge in [-0.15, -0.1) is 0 Å². The molecule has 4 rings (SSSR count). The van der Waals surface area contributed by atoms with Gasteiger partial charge in [0.25, 0.3) is 0 Å². The zero-order chi connectivity index (χ0) is 14.2. The number of hydrogen-bond donors (Lipinski definition) is 0. The minimum absolute atomic E-state index is 0.344. The van der Waals surface area contributed by atoms with E-state index in [0.29, 0.717) is 5.92 Å². The van der Waals surface area contributed by atoms with Gasteiger partial charge in [0.1, 0.15) is 0 Å². The van der Waals surface area contributed by atoms with Crippen molar-refractivity contribution in [1.29, 1.82) is 0 Å². The van der Waals surface area contributed by atoms with Gasteiger partial charge in [-0.2, -0.15) is 0 Å². The number of fused-ring (bicyclic) bond motifs is 3. The molecular formula is C21H16. The molecule has 1 aliphatic rings. The Bertz CT molecular complexity index is 764. The molecule has 100 valence electrons. The van der Waals surface area contributed by atoms with E-state index < -0.39 is 0 Å². The molecule has 21 heavy (non-hydrogen) atoms. The third-order valence-electron chi connectivity index (χ3n) is 4.34. The molecule has 3 aromatic rings. The van der Waals surface area contributed by atoms with E-state index in [9.17, 15) is 0 Å². The average Bonchev–Trinajstić information content (AvgIpc) is 2.90. The Kier molecular flexibility index (Phi) is 2.75. The van der Waals surface area contributed by atoms with Gasteiger partial charge in [0.2, 0.25) is 0 Å². The highest BCUT2D eigenvalue weighted by Crippen LogP contribution is 2.47. The van der Waals surface area contributed by atoms with Gasteiger partial charge >= 0.3 is 0 Å². The topological polar surface area (TPSA) is 0 Å². The maximum Gasteiger partial charge on any atom is 0.0352 e. The summed E-state index contributed by atoms with van der Waals surface area (Å²) in [6.07, 6.45) is 1.89. The SMILES string of the molecule is C=Cc1ccc(C2c3ccccc3-c3ccccc32)cc1. The van der Waals surface area contributed by atoms with Crippen molar-refractivity contribution in [3.05, 3.63) is 102 Å². The summed E-state index contributed by atoms with van der Waals surface area (Å²) < 4.78 is 0. The van der Waals surface area contributed by atoms with Crippen LogP contribution in [0.15, 0.2) is 79.4 Å². The molecule has 0 spiro atoms. The number of benzene rings is 3. The highest BCUT2D eigenvalue weighted by atomic mass is 14.3. The Labute approximate surface area is 125 Å². The summed E-state index contributed by atoms with van der Waals surface area (Å²) in [7, 11) is 0. The Morgan fingerprint density at radius 2 is 1.19 bits per heavy atom. The Morgan fingerprint density at radius 1 is 0.667 bits per heavy atom. The molecule has 0 heteroatoms. The third kappa shape index (κ3) is 1.84. The number of rotatable bonds is 2. The van der Waals surface area contributed by atoms with Crippen LogP contribution in [0.4, 0.5) is 0 Å². The fourth-order valence-corrected chi connectivity index (χ4v) is 3.34. The molecule has 0 aliphatic heterocycles. The van der Waals surface area contributed by atoms with E-state index in [1.54, 1.807) is 0 Å². The maximum atomic E-state index is 3.83. The van der Waals surface area contributed by atoms with Crippen LogP contribution in [0.5, 0.6) is 0 Å². The first-order valence-corrected chi connectivity index (χ1v) is 7.29. The molecule has 1 aliphatic carbocycles. The Hall–Kier alpha value is -2.60. The average molecular weight is 268 g/mol.